The van der Waals surface area contributed by atoms with Crippen molar-refractivity contribution in [3.05, 3.63) is 33.8 Å². The Morgan fingerprint density at radius 2 is 1.88 bits per heavy atom. The van der Waals surface area contributed by atoms with Crippen LogP contribution in [0.25, 0.3) is 11.3 Å². The molecule has 1 atom stereocenters. The van der Waals surface area contributed by atoms with E-state index in [0.717, 1.165) is 72.4 Å². The van der Waals surface area contributed by atoms with E-state index < -0.39 is 5.60 Å². The maximum atomic E-state index is 12.5. The molecule has 1 saturated heterocycles. The summed E-state index contributed by atoms with van der Waals surface area (Å²) in [6.45, 7) is 6.99. The highest BCUT2D eigenvalue weighted by Crippen LogP contribution is 2.39. The van der Waals surface area contributed by atoms with Crippen molar-refractivity contribution in [3.8, 4) is 17.0 Å². The van der Waals surface area contributed by atoms with Gasteiger partial charge in [0.1, 0.15) is 22.9 Å². The summed E-state index contributed by atoms with van der Waals surface area (Å²) in [4.78, 5) is 14.3. The number of hydrogen-bond donors (Lipinski definition) is 1. The van der Waals surface area contributed by atoms with Crippen LogP contribution >= 0.6 is 15.9 Å². The number of ether oxygens (including phenoxy) is 2. The van der Waals surface area contributed by atoms with Gasteiger partial charge in [-0.25, -0.2) is 4.79 Å². The minimum absolute atomic E-state index is 0.116. The fraction of sp³-hybridized carbons (Fsp3) is 0.560. The van der Waals surface area contributed by atoms with Gasteiger partial charge in [0, 0.05) is 29.2 Å². The van der Waals surface area contributed by atoms with Crippen molar-refractivity contribution in [2.24, 2.45) is 0 Å². The van der Waals surface area contributed by atoms with Crippen LogP contribution in [-0.2, 0) is 17.6 Å². The number of aryl methyl sites for hydroxylation is 2. The molecule has 2 aromatic rings. The van der Waals surface area contributed by atoms with Crippen LogP contribution in [0, 0.1) is 0 Å². The van der Waals surface area contributed by atoms with E-state index in [-0.39, 0.29) is 12.1 Å². The molecular formula is C25H33BrN4O3. The van der Waals surface area contributed by atoms with Crippen molar-refractivity contribution in [1.29, 1.82) is 0 Å². The molecule has 1 fully saturated rings. The normalized spacial score (nSPS) is 18.5. The summed E-state index contributed by atoms with van der Waals surface area (Å²) in [5.74, 6) is 1.57. The van der Waals surface area contributed by atoms with Crippen LogP contribution in [0.15, 0.2) is 22.7 Å². The molecule has 2 aliphatic rings. The molecule has 1 amide bonds. The van der Waals surface area contributed by atoms with Crippen molar-refractivity contribution in [2.45, 2.75) is 70.9 Å². The summed E-state index contributed by atoms with van der Waals surface area (Å²) in [6, 6.07) is 6.38. The van der Waals surface area contributed by atoms with E-state index in [1.54, 1.807) is 12.0 Å². The Balaban J connectivity index is 1.55. The smallest absolute Gasteiger partial charge is 0.410 e. The van der Waals surface area contributed by atoms with Crippen LogP contribution in [0.2, 0.25) is 0 Å². The quantitative estimate of drug-likeness (QED) is 0.571. The number of halogens is 1. The third-order valence-corrected chi connectivity index (χ3v) is 6.50. The lowest BCUT2D eigenvalue weighted by molar-refractivity contribution is 0.0206. The number of piperidine rings is 1. The highest BCUT2D eigenvalue weighted by atomic mass is 79.9. The van der Waals surface area contributed by atoms with Crippen molar-refractivity contribution in [1.82, 2.24) is 15.1 Å². The third-order valence-electron chi connectivity index (χ3n) is 6.05. The van der Waals surface area contributed by atoms with Crippen LogP contribution in [0.3, 0.4) is 0 Å². The Hall–Kier alpha value is -2.35. The van der Waals surface area contributed by atoms with Crippen LogP contribution in [0.4, 0.5) is 10.6 Å². The standard InChI is InChI=1S/C25H33BrN4O3/c1-25(2,3)33-24(31)30-11-7-10-19(15-30)27-21-13-17-9-6-5-8-16-12-18(26)14-20(32-4)22(16)23(17)29-28-21/h12-14,19H,5-11,15H2,1-4H3,(H,27,28)/t19-/m1/s1. The monoisotopic (exact) mass is 516 g/mol. The van der Waals surface area contributed by atoms with E-state index in [2.05, 4.69) is 43.6 Å². The Kier molecular flexibility index (Phi) is 7.12. The highest BCUT2D eigenvalue weighted by molar-refractivity contribution is 9.10. The average molecular weight is 517 g/mol. The van der Waals surface area contributed by atoms with Gasteiger partial charge in [-0.2, -0.15) is 0 Å². The summed E-state index contributed by atoms with van der Waals surface area (Å²) in [7, 11) is 1.70. The van der Waals surface area contributed by atoms with Gasteiger partial charge in [-0.05, 0) is 88.6 Å². The average Bonchev–Trinajstić information content (AvgIpc) is 2.74. The summed E-state index contributed by atoms with van der Waals surface area (Å²) >= 11 is 3.60. The van der Waals surface area contributed by atoms with E-state index in [4.69, 9.17) is 9.47 Å². The fourth-order valence-electron chi connectivity index (χ4n) is 4.59. The molecule has 1 aromatic carbocycles. The fourth-order valence-corrected chi connectivity index (χ4v) is 5.08. The molecule has 1 aliphatic carbocycles. The highest BCUT2D eigenvalue weighted by Gasteiger charge is 2.28. The minimum atomic E-state index is -0.494. The second-order valence-corrected chi connectivity index (χ2v) is 10.8. The second kappa shape index (κ2) is 9.87. The largest absolute Gasteiger partial charge is 0.496 e. The number of aromatic nitrogens is 2. The summed E-state index contributed by atoms with van der Waals surface area (Å²) in [6.07, 6.45) is 5.81. The van der Waals surface area contributed by atoms with Gasteiger partial charge in [-0.3, -0.25) is 0 Å². The number of amides is 1. The van der Waals surface area contributed by atoms with E-state index in [1.165, 1.54) is 11.1 Å². The molecule has 0 saturated carbocycles. The van der Waals surface area contributed by atoms with Gasteiger partial charge in [0.15, 0.2) is 0 Å². The SMILES string of the molecule is COc1cc(Br)cc2c1-c1nnc(N[C@@H]3CCCN(C(=O)OC(C)(C)C)C3)cc1CCCC2. The number of benzene rings is 1. The maximum Gasteiger partial charge on any atom is 0.410 e. The van der Waals surface area contributed by atoms with Crippen molar-refractivity contribution in [3.63, 3.8) is 0 Å². The molecule has 1 N–H and O–H groups in total. The molecule has 178 valence electrons. The van der Waals surface area contributed by atoms with Crippen LogP contribution < -0.4 is 10.1 Å². The number of nitrogens with zero attached hydrogens (tertiary/aromatic N) is 3. The first-order chi connectivity index (χ1) is 15.7. The molecule has 4 rings (SSSR count). The molecule has 0 spiro atoms. The van der Waals surface area contributed by atoms with Gasteiger partial charge in [0.05, 0.1) is 7.11 Å². The summed E-state index contributed by atoms with van der Waals surface area (Å²) in [5.41, 5.74) is 3.86. The molecule has 2 heterocycles. The van der Waals surface area contributed by atoms with E-state index >= 15 is 0 Å². The van der Waals surface area contributed by atoms with Gasteiger partial charge in [0.25, 0.3) is 0 Å². The van der Waals surface area contributed by atoms with Gasteiger partial charge < -0.3 is 19.7 Å². The number of carbonyl (C=O) groups is 1. The zero-order valence-electron chi connectivity index (χ0n) is 19.9. The molecule has 0 radical (unpaired) electrons. The first-order valence-electron chi connectivity index (χ1n) is 11.7. The molecule has 0 bridgehead atoms. The molecular weight excluding hydrogens is 484 g/mol. The van der Waals surface area contributed by atoms with E-state index in [1.807, 2.05) is 26.8 Å². The number of methoxy groups -OCH3 is 1. The number of carbonyl (C=O) groups excluding carboxylic acids is 1. The lowest BCUT2D eigenvalue weighted by Gasteiger charge is -2.34. The predicted octanol–water partition coefficient (Wildman–Crippen LogP) is 5.60. The molecule has 7 nitrogen and oxygen atoms in total. The Morgan fingerprint density at radius 3 is 2.61 bits per heavy atom. The van der Waals surface area contributed by atoms with Crippen LogP contribution in [-0.4, -0.2) is 53.0 Å². The molecule has 8 heteroatoms. The van der Waals surface area contributed by atoms with Crippen molar-refractivity contribution < 1.29 is 14.3 Å². The van der Waals surface area contributed by atoms with Crippen LogP contribution in [0.5, 0.6) is 5.75 Å². The van der Waals surface area contributed by atoms with Gasteiger partial charge in [-0.15, -0.1) is 10.2 Å². The van der Waals surface area contributed by atoms with Gasteiger partial charge in [0.2, 0.25) is 0 Å². The van der Waals surface area contributed by atoms with E-state index in [9.17, 15) is 4.79 Å². The lowest BCUT2D eigenvalue weighted by atomic mass is 9.91. The molecule has 1 aliphatic heterocycles. The zero-order chi connectivity index (χ0) is 23.6. The van der Waals surface area contributed by atoms with E-state index in [0.29, 0.717) is 6.54 Å². The first-order valence-corrected chi connectivity index (χ1v) is 12.5. The molecule has 33 heavy (non-hydrogen) atoms. The van der Waals surface area contributed by atoms with Crippen LogP contribution in [0.1, 0.15) is 57.6 Å². The number of fused-ring (bicyclic) bond motifs is 3. The second-order valence-electron chi connectivity index (χ2n) is 9.86. The number of hydrogen-bond acceptors (Lipinski definition) is 6. The van der Waals surface area contributed by atoms with Gasteiger partial charge in [-0.1, -0.05) is 15.9 Å². The van der Waals surface area contributed by atoms with Gasteiger partial charge >= 0.3 is 6.09 Å². The zero-order valence-corrected chi connectivity index (χ0v) is 21.5. The Labute approximate surface area is 204 Å². The Bertz CT molecular complexity index is 1020. The maximum absolute atomic E-state index is 12.5. The summed E-state index contributed by atoms with van der Waals surface area (Å²) in [5, 5.41) is 12.7. The summed E-state index contributed by atoms with van der Waals surface area (Å²) < 4.78 is 12.3. The number of nitrogens with one attached hydrogen (secondary N) is 1. The number of likely N-dealkylation sites (tertiary alicyclic amines) is 1. The Morgan fingerprint density at radius 1 is 1.12 bits per heavy atom. The molecule has 1 aromatic heterocycles. The topological polar surface area (TPSA) is 76.6 Å². The number of rotatable bonds is 3. The van der Waals surface area contributed by atoms with Crippen molar-refractivity contribution >= 4 is 27.8 Å². The predicted molar refractivity (Wildman–Crippen MR) is 133 cm³/mol. The minimum Gasteiger partial charge on any atom is -0.496 e. The number of anilines is 1. The first kappa shape index (κ1) is 23.8. The third kappa shape index (κ3) is 5.78. The van der Waals surface area contributed by atoms with Crippen molar-refractivity contribution in [2.75, 3.05) is 25.5 Å². The molecule has 0 unspecified atom stereocenters. The lowest BCUT2D eigenvalue weighted by Crippen LogP contribution is -2.47.